The number of methoxy groups -OCH3 is 1. The van der Waals surface area contributed by atoms with Crippen molar-refractivity contribution in [2.24, 2.45) is 0 Å². The van der Waals surface area contributed by atoms with E-state index in [0.29, 0.717) is 36.3 Å². The summed E-state index contributed by atoms with van der Waals surface area (Å²) in [6, 6.07) is 5.01. The van der Waals surface area contributed by atoms with Gasteiger partial charge in [-0.25, -0.2) is 4.79 Å². The molecular formula is C21H27Cl2N3O4. The molecule has 4 rings (SSSR count). The van der Waals surface area contributed by atoms with Crippen molar-refractivity contribution in [3.8, 4) is 0 Å². The zero-order valence-electron chi connectivity index (χ0n) is 17.1. The number of carbonyl (C=O) groups excluding carboxylic acids is 2. The summed E-state index contributed by atoms with van der Waals surface area (Å²) >= 11 is 12.1. The molecule has 1 aromatic carbocycles. The molecule has 3 atom stereocenters. The Morgan fingerprint density at radius 3 is 2.43 bits per heavy atom. The second-order valence-electron chi connectivity index (χ2n) is 8.08. The minimum atomic E-state index is -0.368. The van der Waals surface area contributed by atoms with Crippen LogP contribution in [-0.2, 0) is 20.7 Å². The van der Waals surface area contributed by atoms with Crippen LogP contribution in [0.5, 0.6) is 0 Å². The number of benzene rings is 1. The van der Waals surface area contributed by atoms with E-state index in [9.17, 15) is 9.59 Å². The third kappa shape index (κ3) is 4.26. The van der Waals surface area contributed by atoms with Gasteiger partial charge in [-0.15, -0.1) is 0 Å². The number of hydrogen-bond donors (Lipinski definition) is 0. The van der Waals surface area contributed by atoms with Crippen molar-refractivity contribution in [1.29, 1.82) is 0 Å². The molecule has 0 saturated carbocycles. The van der Waals surface area contributed by atoms with Gasteiger partial charge in [0.2, 0.25) is 5.91 Å². The molecule has 3 saturated heterocycles. The van der Waals surface area contributed by atoms with Crippen molar-refractivity contribution in [3.63, 3.8) is 0 Å². The summed E-state index contributed by atoms with van der Waals surface area (Å²) in [5, 5.41) is 0.912. The average molecular weight is 456 g/mol. The first-order valence-corrected chi connectivity index (χ1v) is 11.1. The number of piperazine rings is 1. The monoisotopic (exact) mass is 455 g/mol. The Balaban J connectivity index is 1.59. The Kier molecular flexibility index (Phi) is 6.72. The van der Waals surface area contributed by atoms with E-state index in [0.717, 1.165) is 31.5 Å². The number of likely N-dealkylation sites (tertiary alicyclic amines) is 1. The highest BCUT2D eigenvalue weighted by Gasteiger charge is 2.49. The lowest BCUT2D eigenvalue weighted by Crippen LogP contribution is -2.72. The molecule has 0 aromatic heterocycles. The smallest absolute Gasteiger partial charge is 0.409 e. The van der Waals surface area contributed by atoms with Crippen LogP contribution in [0.25, 0.3) is 0 Å². The molecule has 3 aliphatic rings. The molecule has 7 nitrogen and oxygen atoms in total. The van der Waals surface area contributed by atoms with Crippen LogP contribution in [0.1, 0.15) is 18.4 Å². The first kappa shape index (κ1) is 21.7. The summed E-state index contributed by atoms with van der Waals surface area (Å²) in [5.74, 6) is 0.0269. The van der Waals surface area contributed by atoms with Crippen LogP contribution in [0.3, 0.4) is 0 Å². The second kappa shape index (κ2) is 9.30. The fraction of sp³-hybridized carbons (Fsp3) is 0.619. The molecule has 164 valence electrons. The molecule has 1 aromatic rings. The Labute approximate surface area is 186 Å². The van der Waals surface area contributed by atoms with Crippen LogP contribution in [-0.4, -0.2) is 91.3 Å². The van der Waals surface area contributed by atoms with E-state index in [2.05, 4.69) is 4.90 Å². The summed E-state index contributed by atoms with van der Waals surface area (Å²) in [5.41, 5.74) is 0.825. The van der Waals surface area contributed by atoms with E-state index in [-0.39, 0.29) is 36.5 Å². The predicted octanol–water partition coefficient (Wildman–Crippen LogP) is 2.68. The number of amides is 2. The maximum Gasteiger partial charge on any atom is 0.409 e. The Bertz CT molecular complexity index is 802. The molecule has 0 unspecified atom stereocenters. The number of ether oxygens (including phenoxy) is 2. The first-order valence-electron chi connectivity index (χ1n) is 10.4. The van der Waals surface area contributed by atoms with Crippen molar-refractivity contribution in [1.82, 2.24) is 14.7 Å². The Hall–Kier alpha value is -1.54. The van der Waals surface area contributed by atoms with Gasteiger partial charge in [-0.3, -0.25) is 14.6 Å². The maximum atomic E-state index is 13.4. The highest BCUT2D eigenvalue weighted by atomic mass is 35.5. The second-order valence-corrected chi connectivity index (χ2v) is 8.90. The fourth-order valence-electron chi connectivity index (χ4n) is 4.94. The van der Waals surface area contributed by atoms with Crippen LogP contribution < -0.4 is 0 Å². The highest BCUT2D eigenvalue weighted by Crippen LogP contribution is 2.31. The van der Waals surface area contributed by atoms with Gasteiger partial charge in [0.15, 0.2) is 0 Å². The molecule has 9 heteroatoms. The molecular weight excluding hydrogens is 429 g/mol. The van der Waals surface area contributed by atoms with Crippen LogP contribution in [0.15, 0.2) is 18.2 Å². The van der Waals surface area contributed by atoms with Gasteiger partial charge < -0.3 is 14.4 Å². The summed E-state index contributed by atoms with van der Waals surface area (Å²) in [6.07, 6.45) is 2.16. The molecule has 0 aliphatic carbocycles. The van der Waals surface area contributed by atoms with Crippen molar-refractivity contribution >= 4 is 35.2 Å². The zero-order chi connectivity index (χ0) is 21.3. The normalized spacial score (nSPS) is 27.1. The van der Waals surface area contributed by atoms with E-state index in [1.54, 1.807) is 17.0 Å². The molecule has 2 amide bonds. The van der Waals surface area contributed by atoms with E-state index in [1.165, 1.54) is 7.11 Å². The van der Waals surface area contributed by atoms with E-state index in [1.807, 2.05) is 11.0 Å². The molecule has 0 radical (unpaired) electrons. The average Bonchev–Trinajstić information content (AvgIpc) is 3.29. The fourth-order valence-corrected chi connectivity index (χ4v) is 5.26. The molecule has 3 heterocycles. The van der Waals surface area contributed by atoms with Crippen molar-refractivity contribution < 1.29 is 19.1 Å². The summed E-state index contributed by atoms with van der Waals surface area (Å²) < 4.78 is 10.9. The van der Waals surface area contributed by atoms with Gasteiger partial charge in [0.25, 0.3) is 0 Å². The van der Waals surface area contributed by atoms with Gasteiger partial charge in [0.05, 0.1) is 54.9 Å². The Morgan fingerprint density at radius 1 is 1.03 bits per heavy atom. The lowest BCUT2D eigenvalue weighted by atomic mass is 9.91. The first-order chi connectivity index (χ1) is 14.5. The largest absolute Gasteiger partial charge is 0.453 e. The standard InChI is InChI=1S/C21H27Cl2N3O4/c1-29-21(28)25-8-9-26(19(27)11-14-4-5-15(22)16(23)10-14)20-17(12-30-13-18(20)25)24-6-2-3-7-24/h4-5,10,17-18,20H,2-3,6-9,11-13H2,1H3/t17-,18+,20+/m0/s1. The number of hydrogen-bond acceptors (Lipinski definition) is 5. The third-order valence-corrected chi connectivity index (χ3v) is 7.13. The van der Waals surface area contributed by atoms with Crippen LogP contribution >= 0.6 is 23.2 Å². The van der Waals surface area contributed by atoms with Crippen molar-refractivity contribution in [2.45, 2.75) is 37.4 Å². The predicted molar refractivity (Wildman–Crippen MR) is 114 cm³/mol. The number of rotatable bonds is 3. The van der Waals surface area contributed by atoms with Gasteiger partial charge in [0.1, 0.15) is 0 Å². The zero-order valence-corrected chi connectivity index (χ0v) is 18.6. The van der Waals surface area contributed by atoms with Crippen LogP contribution in [0.2, 0.25) is 10.0 Å². The van der Waals surface area contributed by atoms with Gasteiger partial charge in [-0.05, 0) is 43.6 Å². The quantitative estimate of drug-likeness (QED) is 0.700. The van der Waals surface area contributed by atoms with E-state index < -0.39 is 0 Å². The molecule has 0 spiro atoms. The number of nitrogens with zero attached hydrogens (tertiary/aromatic N) is 3. The van der Waals surface area contributed by atoms with E-state index >= 15 is 0 Å². The molecule has 30 heavy (non-hydrogen) atoms. The number of halogens is 2. The topological polar surface area (TPSA) is 62.3 Å². The number of carbonyl (C=O) groups is 2. The van der Waals surface area contributed by atoms with Gasteiger partial charge >= 0.3 is 6.09 Å². The third-order valence-electron chi connectivity index (χ3n) is 6.39. The van der Waals surface area contributed by atoms with E-state index in [4.69, 9.17) is 32.7 Å². The Morgan fingerprint density at radius 2 is 1.73 bits per heavy atom. The lowest BCUT2D eigenvalue weighted by molar-refractivity contribution is -0.150. The van der Waals surface area contributed by atoms with Crippen LogP contribution in [0, 0.1) is 0 Å². The molecule has 3 aliphatic heterocycles. The van der Waals surface area contributed by atoms with Gasteiger partial charge in [-0.2, -0.15) is 0 Å². The van der Waals surface area contributed by atoms with Gasteiger partial charge in [-0.1, -0.05) is 29.3 Å². The van der Waals surface area contributed by atoms with Gasteiger partial charge in [0, 0.05) is 13.1 Å². The summed E-state index contributed by atoms with van der Waals surface area (Å²) in [7, 11) is 1.39. The molecule has 0 N–H and O–H groups in total. The minimum absolute atomic E-state index is 0.0269. The van der Waals surface area contributed by atoms with Crippen LogP contribution in [0.4, 0.5) is 4.79 Å². The highest BCUT2D eigenvalue weighted by molar-refractivity contribution is 6.42. The SMILES string of the molecule is COC(=O)N1CCN(C(=O)Cc2ccc(Cl)c(Cl)c2)[C@H]2[C@H]1COC[C@@H]2N1CCCC1. The lowest BCUT2D eigenvalue weighted by Gasteiger charge is -2.53. The number of fused-ring (bicyclic) bond motifs is 1. The molecule has 0 bridgehead atoms. The maximum absolute atomic E-state index is 13.4. The summed E-state index contributed by atoms with van der Waals surface area (Å²) in [4.78, 5) is 31.8. The minimum Gasteiger partial charge on any atom is -0.453 e. The molecule has 3 fully saturated rings. The summed E-state index contributed by atoms with van der Waals surface area (Å²) in [6.45, 7) is 3.85. The van der Waals surface area contributed by atoms with Crippen molar-refractivity contribution in [2.75, 3.05) is 46.5 Å². The van der Waals surface area contributed by atoms with Crippen molar-refractivity contribution in [3.05, 3.63) is 33.8 Å².